The van der Waals surface area contributed by atoms with Crippen LogP contribution >= 0.6 is 0 Å². The number of fused-ring (bicyclic) bond motifs is 1. The van der Waals surface area contributed by atoms with Crippen LogP contribution in [0.1, 0.15) is 92.9 Å². The van der Waals surface area contributed by atoms with Crippen molar-refractivity contribution in [3.05, 3.63) is 72.8 Å². The van der Waals surface area contributed by atoms with E-state index < -0.39 is 18.4 Å². The highest BCUT2D eigenvalue weighted by molar-refractivity contribution is 7.85. The summed E-state index contributed by atoms with van der Waals surface area (Å²) >= 11 is 0. The van der Waals surface area contributed by atoms with E-state index in [-0.39, 0.29) is 58.4 Å². The molecule has 47 heavy (non-hydrogen) atoms. The Kier molecular flexibility index (Phi) is 10.4. The van der Waals surface area contributed by atoms with Gasteiger partial charge < -0.3 is 9.16 Å². The van der Waals surface area contributed by atoms with Crippen molar-refractivity contribution in [1.82, 2.24) is 0 Å². The van der Waals surface area contributed by atoms with Gasteiger partial charge in [-0.05, 0) is 83.5 Å². The largest absolute Gasteiger partial charge is 0.462 e. The van der Waals surface area contributed by atoms with Gasteiger partial charge in [0.2, 0.25) is 0 Å². The molecule has 3 fully saturated rings. The molecule has 2 aromatic carbocycles. The van der Waals surface area contributed by atoms with E-state index in [1.807, 2.05) is 0 Å². The molecule has 7 atom stereocenters. The summed E-state index contributed by atoms with van der Waals surface area (Å²) < 4.78 is 43.5. The molecule has 0 spiro atoms. The van der Waals surface area contributed by atoms with E-state index in [0.717, 1.165) is 51.2 Å². The summed E-state index contributed by atoms with van der Waals surface area (Å²) in [5, 5.41) is 2.36. The van der Waals surface area contributed by atoms with Gasteiger partial charge >= 0.3 is 5.97 Å². The van der Waals surface area contributed by atoms with Crippen LogP contribution in [0.5, 0.6) is 0 Å². The van der Waals surface area contributed by atoms with Crippen molar-refractivity contribution in [3.63, 3.8) is 0 Å². The minimum absolute atomic E-state index is 0.00935. The first-order chi connectivity index (χ1) is 22.0. The van der Waals surface area contributed by atoms with Crippen LogP contribution in [0.2, 0.25) is 5.04 Å². The molecule has 0 unspecified atom stereocenters. The molecule has 2 aromatic rings. The van der Waals surface area contributed by atoms with Crippen LogP contribution in [0, 0.1) is 28.6 Å². The summed E-state index contributed by atoms with van der Waals surface area (Å²) in [5.74, 6) is 0.296. The molecular formula is C39H56O6SSi. The van der Waals surface area contributed by atoms with Crippen LogP contribution in [0.4, 0.5) is 0 Å². The van der Waals surface area contributed by atoms with E-state index in [1.165, 1.54) is 22.9 Å². The molecule has 0 bridgehead atoms. The third kappa shape index (κ3) is 7.08. The maximum atomic E-state index is 12.6. The molecule has 0 heterocycles. The zero-order chi connectivity index (χ0) is 34.3. The summed E-state index contributed by atoms with van der Waals surface area (Å²) in [4.78, 5) is 12.6. The van der Waals surface area contributed by atoms with Gasteiger partial charge in [-0.1, -0.05) is 107 Å². The van der Waals surface area contributed by atoms with Gasteiger partial charge in [0.05, 0.1) is 12.9 Å². The number of carbonyl (C=O) groups is 1. The molecule has 0 radical (unpaired) electrons. The Bertz CT molecular complexity index is 1480. The summed E-state index contributed by atoms with van der Waals surface area (Å²) in [6.45, 7) is 17.7. The third-order valence-electron chi connectivity index (χ3n) is 12.3. The van der Waals surface area contributed by atoms with Crippen molar-refractivity contribution in [2.45, 2.75) is 110 Å². The fourth-order valence-electron chi connectivity index (χ4n) is 9.75. The first-order valence-electron chi connectivity index (χ1n) is 17.5. The van der Waals surface area contributed by atoms with Crippen molar-refractivity contribution in [2.75, 3.05) is 12.9 Å². The van der Waals surface area contributed by atoms with Gasteiger partial charge in [-0.3, -0.25) is 8.98 Å². The van der Waals surface area contributed by atoms with Crippen LogP contribution in [0.15, 0.2) is 72.8 Å². The summed E-state index contributed by atoms with van der Waals surface area (Å²) in [6.07, 6.45) is 8.06. The average molecular weight is 681 g/mol. The molecule has 0 amide bonds. The number of hydrogen-bond acceptors (Lipinski definition) is 6. The van der Waals surface area contributed by atoms with Gasteiger partial charge in [0.1, 0.15) is 6.10 Å². The van der Waals surface area contributed by atoms with Gasteiger partial charge in [0.25, 0.3) is 18.4 Å². The topological polar surface area (TPSA) is 78.9 Å². The van der Waals surface area contributed by atoms with E-state index in [9.17, 15) is 13.2 Å². The maximum Gasteiger partial charge on any atom is 0.302 e. The van der Waals surface area contributed by atoms with Gasteiger partial charge in [0, 0.05) is 24.9 Å². The van der Waals surface area contributed by atoms with E-state index >= 15 is 0 Å². The van der Waals surface area contributed by atoms with E-state index in [2.05, 4.69) is 102 Å². The SMILES string of the molecule is C=C1CC[C@H]2[C@H](OC(C)=O)[C@@H]([C@@]3(C)CC[C@H](O[Si](c4ccccc4)(c4ccccc4)C(C)(C)C)C[C@@H]3CCOS(C)(=O)=O)CC[C@]12C. The standard InChI is InChI=1S/C39H56O6SSi/c1-28-19-20-34-36(44-29(2)40)35(22-25-38(28,34)6)39(7)24-21-31(27-30(39)23-26-43-46(8,41)42)45-47(37(3,4)5,32-15-11-9-12-16-32)33-17-13-10-14-18-33/h9-18,30-31,34-36H,1,19-27H2,2-8H3/t30-,31-,34-,35-,36-,38+,39-/m0/s1. The summed E-state index contributed by atoms with van der Waals surface area (Å²) in [6, 6.07) is 21.5. The van der Waals surface area contributed by atoms with Crippen LogP contribution in [-0.2, 0) is 28.3 Å². The van der Waals surface area contributed by atoms with Crippen molar-refractivity contribution < 1.29 is 26.6 Å². The highest BCUT2D eigenvalue weighted by Crippen LogP contribution is 2.62. The molecule has 0 aromatic heterocycles. The highest BCUT2D eigenvalue weighted by Gasteiger charge is 2.59. The molecule has 3 aliphatic carbocycles. The Labute approximate surface area is 284 Å². The van der Waals surface area contributed by atoms with Crippen molar-refractivity contribution in [2.24, 2.45) is 28.6 Å². The lowest BCUT2D eigenvalue weighted by atomic mass is 9.51. The number of rotatable bonds is 10. The molecular weight excluding hydrogens is 625 g/mol. The van der Waals surface area contributed by atoms with E-state index in [4.69, 9.17) is 13.3 Å². The summed E-state index contributed by atoms with van der Waals surface area (Å²) in [7, 11) is -6.37. The Morgan fingerprint density at radius 3 is 2.06 bits per heavy atom. The fraction of sp³-hybridized carbons (Fsp3) is 0.615. The van der Waals surface area contributed by atoms with Gasteiger partial charge in [0.15, 0.2) is 0 Å². The molecule has 0 aliphatic heterocycles. The average Bonchev–Trinajstić information content (AvgIpc) is 3.31. The zero-order valence-corrected chi connectivity index (χ0v) is 31.4. The van der Waals surface area contributed by atoms with Crippen LogP contribution in [0.25, 0.3) is 0 Å². The van der Waals surface area contributed by atoms with Crippen molar-refractivity contribution in [1.29, 1.82) is 0 Å². The molecule has 6 nitrogen and oxygen atoms in total. The molecule has 8 heteroatoms. The monoisotopic (exact) mass is 680 g/mol. The van der Waals surface area contributed by atoms with Gasteiger partial charge in [-0.25, -0.2) is 0 Å². The lowest BCUT2D eigenvalue weighted by molar-refractivity contribution is -0.173. The highest BCUT2D eigenvalue weighted by atomic mass is 32.2. The Morgan fingerprint density at radius 1 is 0.936 bits per heavy atom. The number of benzene rings is 2. The van der Waals surface area contributed by atoms with Gasteiger partial charge in [-0.2, -0.15) is 8.42 Å². The lowest BCUT2D eigenvalue weighted by Gasteiger charge is -2.57. The van der Waals surface area contributed by atoms with Crippen LogP contribution < -0.4 is 10.4 Å². The first-order valence-corrected chi connectivity index (χ1v) is 21.2. The van der Waals surface area contributed by atoms with Crippen molar-refractivity contribution in [3.8, 4) is 0 Å². The minimum atomic E-state index is -3.58. The van der Waals surface area contributed by atoms with E-state index in [0.29, 0.717) is 6.42 Å². The first kappa shape index (κ1) is 36.0. The van der Waals surface area contributed by atoms with E-state index in [1.54, 1.807) is 0 Å². The minimum Gasteiger partial charge on any atom is -0.462 e. The number of ether oxygens (including phenoxy) is 1. The number of hydrogen-bond donors (Lipinski definition) is 0. The zero-order valence-electron chi connectivity index (χ0n) is 29.6. The smallest absolute Gasteiger partial charge is 0.302 e. The predicted molar refractivity (Wildman–Crippen MR) is 192 cm³/mol. The molecule has 0 saturated heterocycles. The predicted octanol–water partition coefficient (Wildman–Crippen LogP) is 7.42. The molecule has 258 valence electrons. The Morgan fingerprint density at radius 2 is 1.53 bits per heavy atom. The van der Waals surface area contributed by atoms with Gasteiger partial charge in [-0.15, -0.1) is 0 Å². The summed E-state index contributed by atoms with van der Waals surface area (Å²) in [5.41, 5.74) is 1.08. The lowest BCUT2D eigenvalue weighted by Crippen LogP contribution is -2.68. The number of esters is 1. The quantitative estimate of drug-likeness (QED) is 0.113. The van der Waals surface area contributed by atoms with Crippen LogP contribution in [-0.4, -0.2) is 47.8 Å². The number of carbonyl (C=O) groups excluding carboxylic acids is 1. The van der Waals surface area contributed by atoms with Crippen LogP contribution in [0.3, 0.4) is 0 Å². The molecule has 5 rings (SSSR count). The number of allylic oxidation sites excluding steroid dienone is 1. The second kappa shape index (κ2) is 13.6. The second-order valence-corrected chi connectivity index (χ2v) is 22.0. The second-order valence-electron chi connectivity index (χ2n) is 16.1. The van der Waals surface area contributed by atoms with Crippen molar-refractivity contribution >= 4 is 34.8 Å². The molecule has 3 aliphatic rings. The fourth-order valence-corrected chi connectivity index (χ4v) is 14.9. The Balaban J connectivity index is 1.52. The maximum absolute atomic E-state index is 12.6. The normalized spacial score (nSPS) is 31.7. The molecule has 3 saturated carbocycles. The Hall–Kier alpha value is -2.26. The third-order valence-corrected chi connectivity index (χ3v) is 18.0. The molecule has 0 N–H and O–H groups in total.